The van der Waals surface area contributed by atoms with Crippen LogP contribution in [-0.2, 0) is 11.2 Å². The van der Waals surface area contributed by atoms with E-state index in [9.17, 15) is 4.79 Å². The number of aryl methyl sites for hydroxylation is 1. The number of aliphatic carboxylic acids is 1. The minimum atomic E-state index is -1.24. The van der Waals surface area contributed by atoms with Crippen LogP contribution in [0.15, 0.2) is 18.2 Å². The Morgan fingerprint density at radius 2 is 2.19 bits per heavy atom. The SMILES string of the molecule is COc1ccc(C[C@](C)(N)C(=O)O)cc1C. The second kappa shape index (κ2) is 4.53. The zero-order valence-corrected chi connectivity index (χ0v) is 9.78. The van der Waals surface area contributed by atoms with Crippen LogP contribution >= 0.6 is 0 Å². The van der Waals surface area contributed by atoms with Gasteiger partial charge in [-0.25, -0.2) is 0 Å². The summed E-state index contributed by atoms with van der Waals surface area (Å²) in [4.78, 5) is 10.9. The molecule has 0 radical (unpaired) electrons. The van der Waals surface area contributed by atoms with Crippen molar-refractivity contribution in [3.8, 4) is 5.75 Å². The molecule has 0 bridgehead atoms. The quantitative estimate of drug-likeness (QED) is 0.808. The molecule has 88 valence electrons. The zero-order valence-electron chi connectivity index (χ0n) is 9.78. The fourth-order valence-electron chi connectivity index (χ4n) is 1.55. The second-order valence-electron chi connectivity index (χ2n) is 4.20. The van der Waals surface area contributed by atoms with Crippen molar-refractivity contribution < 1.29 is 14.6 Å². The van der Waals surface area contributed by atoms with Gasteiger partial charge in [-0.2, -0.15) is 0 Å². The number of carbonyl (C=O) groups is 1. The molecule has 0 aliphatic rings. The van der Waals surface area contributed by atoms with Gasteiger partial charge in [-0.15, -0.1) is 0 Å². The van der Waals surface area contributed by atoms with Gasteiger partial charge in [0.2, 0.25) is 0 Å². The van der Waals surface area contributed by atoms with E-state index in [1.807, 2.05) is 25.1 Å². The van der Waals surface area contributed by atoms with Crippen LogP contribution in [0, 0.1) is 6.92 Å². The molecule has 1 atom stereocenters. The first-order valence-electron chi connectivity index (χ1n) is 5.02. The molecule has 0 amide bonds. The van der Waals surface area contributed by atoms with Crippen molar-refractivity contribution >= 4 is 5.97 Å². The van der Waals surface area contributed by atoms with Gasteiger partial charge in [-0.1, -0.05) is 12.1 Å². The van der Waals surface area contributed by atoms with Crippen molar-refractivity contribution in [1.29, 1.82) is 0 Å². The van der Waals surface area contributed by atoms with E-state index in [0.29, 0.717) is 6.42 Å². The molecule has 1 aromatic rings. The molecule has 0 heterocycles. The van der Waals surface area contributed by atoms with Crippen LogP contribution in [0.1, 0.15) is 18.1 Å². The molecule has 0 aliphatic heterocycles. The lowest BCUT2D eigenvalue weighted by Crippen LogP contribution is -2.46. The molecule has 4 heteroatoms. The number of benzene rings is 1. The fraction of sp³-hybridized carbons (Fsp3) is 0.417. The van der Waals surface area contributed by atoms with Crippen molar-refractivity contribution in [2.45, 2.75) is 25.8 Å². The molecule has 0 unspecified atom stereocenters. The molecule has 1 rings (SSSR count). The Hall–Kier alpha value is -1.55. The highest BCUT2D eigenvalue weighted by Crippen LogP contribution is 2.20. The number of methoxy groups -OCH3 is 1. The van der Waals surface area contributed by atoms with Crippen molar-refractivity contribution in [2.75, 3.05) is 7.11 Å². The van der Waals surface area contributed by atoms with Gasteiger partial charge in [0.15, 0.2) is 0 Å². The van der Waals surface area contributed by atoms with E-state index in [1.54, 1.807) is 7.11 Å². The van der Waals surface area contributed by atoms with E-state index in [-0.39, 0.29) is 0 Å². The fourth-order valence-corrected chi connectivity index (χ4v) is 1.55. The first-order chi connectivity index (χ1) is 7.36. The Balaban J connectivity index is 2.91. The standard InChI is InChI=1S/C12H17NO3/c1-8-6-9(4-5-10(8)16-3)7-12(2,13)11(14)15/h4-6H,7,13H2,1-3H3,(H,14,15)/t12-/m0/s1. The van der Waals surface area contributed by atoms with Gasteiger partial charge in [0.1, 0.15) is 11.3 Å². The van der Waals surface area contributed by atoms with E-state index in [0.717, 1.165) is 16.9 Å². The number of rotatable bonds is 4. The second-order valence-corrected chi connectivity index (χ2v) is 4.20. The molecule has 16 heavy (non-hydrogen) atoms. The van der Waals surface area contributed by atoms with Crippen molar-refractivity contribution in [2.24, 2.45) is 5.73 Å². The highest BCUT2D eigenvalue weighted by molar-refractivity contribution is 5.78. The molecule has 0 aromatic heterocycles. The van der Waals surface area contributed by atoms with Gasteiger partial charge in [0.25, 0.3) is 0 Å². The number of hydrogen-bond donors (Lipinski definition) is 2. The molecule has 3 N–H and O–H groups in total. The zero-order chi connectivity index (χ0) is 12.3. The molecule has 4 nitrogen and oxygen atoms in total. The highest BCUT2D eigenvalue weighted by Gasteiger charge is 2.28. The molecule has 0 spiro atoms. The maximum atomic E-state index is 10.9. The molecular weight excluding hydrogens is 206 g/mol. The summed E-state index contributed by atoms with van der Waals surface area (Å²) in [6, 6.07) is 5.55. The largest absolute Gasteiger partial charge is 0.496 e. The third-order valence-electron chi connectivity index (χ3n) is 2.52. The lowest BCUT2D eigenvalue weighted by Gasteiger charge is -2.19. The average molecular weight is 223 g/mol. The minimum Gasteiger partial charge on any atom is -0.496 e. The van der Waals surface area contributed by atoms with Gasteiger partial charge < -0.3 is 15.6 Å². The van der Waals surface area contributed by atoms with E-state index in [4.69, 9.17) is 15.6 Å². The average Bonchev–Trinajstić information content (AvgIpc) is 2.17. The number of carboxylic acids is 1. The van der Waals surface area contributed by atoms with E-state index < -0.39 is 11.5 Å². The van der Waals surface area contributed by atoms with Gasteiger partial charge in [0.05, 0.1) is 7.11 Å². The lowest BCUT2D eigenvalue weighted by molar-refractivity contribution is -0.142. The van der Waals surface area contributed by atoms with Crippen LogP contribution in [-0.4, -0.2) is 23.7 Å². The van der Waals surface area contributed by atoms with E-state index in [2.05, 4.69) is 0 Å². The van der Waals surface area contributed by atoms with E-state index >= 15 is 0 Å². The van der Waals surface area contributed by atoms with Crippen LogP contribution in [0.4, 0.5) is 0 Å². The molecular formula is C12H17NO3. The van der Waals surface area contributed by atoms with Crippen LogP contribution in [0.5, 0.6) is 5.75 Å². The Labute approximate surface area is 95.0 Å². The summed E-state index contributed by atoms with van der Waals surface area (Å²) < 4.78 is 5.13. The Bertz CT molecular complexity index is 399. The third kappa shape index (κ3) is 2.73. The number of nitrogens with two attached hydrogens (primary N) is 1. The Morgan fingerprint density at radius 3 is 2.62 bits per heavy atom. The van der Waals surface area contributed by atoms with Crippen molar-refractivity contribution in [3.63, 3.8) is 0 Å². The summed E-state index contributed by atoms with van der Waals surface area (Å²) in [5, 5.41) is 8.92. The molecule has 1 aromatic carbocycles. The monoisotopic (exact) mass is 223 g/mol. The minimum absolute atomic E-state index is 0.299. The molecule has 0 fully saturated rings. The number of carboxylic acid groups (broad SMARTS) is 1. The topological polar surface area (TPSA) is 72.5 Å². The number of ether oxygens (including phenoxy) is 1. The van der Waals surface area contributed by atoms with Gasteiger partial charge in [-0.3, -0.25) is 4.79 Å². The van der Waals surface area contributed by atoms with Crippen LogP contribution in [0.3, 0.4) is 0 Å². The van der Waals surface area contributed by atoms with Crippen LogP contribution in [0.25, 0.3) is 0 Å². The summed E-state index contributed by atoms with van der Waals surface area (Å²) >= 11 is 0. The summed E-state index contributed by atoms with van der Waals surface area (Å²) in [6.45, 7) is 3.42. The highest BCUT2D eigenvalue weighted by atomic mass is 16.5. The maximum Gasteiger partial charge on any atom is 0.323 e. The first kappa shape index (κ1) is 12.5. The van der Waals surface area contributed by atoms with Crippen molar-refractivity contribution in [1.82, 2.24) is 0 Å². The van der Waals surface area contributed by atoms with Gasteiger partial charge in [-0.05, 0) is 31.0 Å². The molecule has 0 saturated carbocycles. The van der Waals surface area contributed by atoms with Gasteiger partial charge >= 0.3 is 5.97 Å². The maximum absolute atomic E-state index is 10.9. The summed E-state index contributed by atoms with van der Waals surface area (Å²) in [6.07, 6.45) is 0.299. The molecule has 0 aliphatic carbocycles. The van der Waals surface area contributed by atoms with Crippen LogP contribution < -0.4 is 10.5 Å². The summed E-state index contributed by atoms with van der Waals surface area (Å²) in [5.74, 6) is -0.209. The normalized spacial score (nSPS) is 14.2. The van der Waals surface area contributed by atoms with E-state index in [1.165, 1.54) is 6.92 Å². The predicted octanol–water partition coefficient (Wildman–Crippen LogP) is 1.35. The number of hydrogen-bond acceptors (Lipinski definition) is 3. The summed E-state index contributed by atoms with van der Waals surface area (Å²) in [5.41, 5.74) is 6.31. The van der Waals surface area contributed by atoms with Crippen molar-refractivity contribution in [3.05, 3.63) is 29.3 Å². The summed E-state index contributed by atoms with van der Waals surface area (Å²) in [7, 11) is 1.60. The molecule has 0 saturated heterocycles. The lowest BCUT2D eigenvalue weighted by atomic mass is 9.93. The Morgan fingerprint density at radius 1 is 1.56 bits per heavy atom. The Kier molecular flexibility index (Phi) is 3.55. The first-order valence-corrected chi connectivity index (χ1v) is 5.02. The van der Waals surface area contributed by atoms with Gasteiger partial charge in [0, 0.05) is 6.42 Å². The third-order valence-corrected chi connectivity index (χ3v) is 2.52. The smallest absolute Gasteiger partial charge is 0.323 e. The predicted molar refractivity (Wildman–Crippen MR) is 61.7 cm³/mol. The van der Waals surface area contributed by atoms with Crippen LogP contribution in [0.2, 0.25) is 0 Å².